The highest BCUT2D eigenvalue weighted by Crippen LogP contribution is 2.42. The number of anilines is 6. The lowest BCUT2D eigenvalue weighted by atomic mass is 10.00. The van der Waals surface area contributed by atoms with Crippen LogP contribution in [0.1, 0.15) is 63.9 Å². The van der Waals surface area contributed by atoms with Crippen LogP contribution in [-0.2, 0) is 12.8 Å². The SMILES string of the molecule is CCc1cccc(C)c1N(c1ccc(/C=C/c2cccc(C)c2)cc1)c1ccc(-c2ccc(N(c3ccc(/C=C/c4cccc(OC)c4)cc3)c3c(C)cccc3CC)cc2)cc1. The van der Waals surface area contributed by atoms with Gasteiger partial charge in [0, 0.05) is 22.7 Å². The molecule has 0 saturated heterocycles. The Balaban J connectivity index is 1.09. The monoisotopic (exact) mass is 820 g/mol. The van der Waals surface area contributed by atoms with Crippen molar-refractivity contribution in [1.29, 1.82) is 0 Å². The number of hydrogen-bond donors (Lipinski definition) is 0. The van der Waals surface area contributed by atoms with Crippen molar-refractivity contribution in [3.05, 3.63) is 232 Å². The average molecular weight is 821 g/mol. The van der Waals surface area contributed by atoms with E-state index in [1.165, 1.54) is 61.4 Å². The van der Waals surface area contributed by atoms with Crippen LogP contribution < -0.4 is 14.5 Å². The molecule has 8 rings (SSSR count). The van der Waals surface area contributed by atoms with Crippen molar-refractivity contribution >= 4 is 58.4 Å². The second kappa shape index (κ2) is 19.6. The van der Waals surface area contributed by atoms with Crippen molar-refractivity contribution in [3.63, 3.8) is 0 Å². The average Bonchev–Trinajstić information content (AvgIpc) is 3.32. The number of methoxy groups -OCH3 is 1. The van der Waals surface area contributed by atoms with E-state index in [1.54, 1.807) is 7.11 Å². The third-order valence-electron chi connectivity index (χ3n) is 11.8. The van der Waals surface area contributed by atoms with Gasteiger partial charge in [0.15, 0.2) is 0 Å². The Kier molecular flexibility index (Phi) is 13.1. The Hall–Kier alpha value is -7.36. The molecular weight excluding hydrogens is 765 g/mol. The van der Waals surface area contributed by atoms with Gasteiger partial charge in [0.05, 0.1) is 18.5 Å². The summed E-state index contributed by atoms with van der Waals surface area (Å²) in [4.78, 5) is 4.83. The van der Waals surface area contributed by atoms with Crippen molar-refractivity contribution in [2.45, 2.75) is 47.5 Å². The number of aryl methyl sites for hydroxylation is 5. The molecule has 63 heavy (non-hydrogen) atoms. The molecule has 0 aliphatic rings. The predicted octanol–water partition coefficient (Wildman–Crippen LogP) is 16.7. The van der Waals surface area contributed by atoms with Crippen LogP contribution in [0.25, 0.3) is 35.4 Å². The third-order valence-corrected chi connectivity index (χ3v) is 11.8. The zero-order valence-corrected chi connectivity index (χ0v) is 37.3. The first-order valence-corrected chi connectivity index (χ1v) is 22.1. The quantitative estimate of drug-likeness (QED) is 0.102. The van der Waals surface area contributed by atoms with Crippen molar-refractivity contribution in [1.82, 2.24) is 0 Å². The maximum absolute atomic E-state index is 5.43. The van der Waals surface area contributed by atoms with E-state index in [9.17, 15) is 0 Å². The van der Waals surface area contributed by atoms with E-state index in [2.05, 4.69) is 233 Å². The summed E-state index contributed by atoms with van der Waals surface area (Å²) in [5.41, 5.74) is 20.3. The van der Waals surface area contributed by atoms with Crippen molar-refractivity contribution in [2.24, 2.45) is 0 Å². The van der Waals surface area contributed by atoms with Gasteiger partial charge in [-0.2, -0.15) is 0 Å². The molecular formula is C60H56N2O. The summed E-state index contributed by atoms with van der Waals surface area (Å²) in [6.45, 7) is 11.0. The van der Waals surface area contributed by atoms with Gasteiger partial charge in [-0.15, -0.1) is 0 Å². The van der Waals surface area contributed by atoms with Crippen LogP contribution in [-0.4, -0.2) is 7.11 Å². The number of para-hydroxylation sites is 2. The number of hydrogen-bond acceptors (Lipinski definition) is 3. The minimum absolute atomic E-state index is 0.853. The fourth-order valence-electron chi connectivity index (χ4n) is 8.44. The standard InChI is InChI=1S/C60H56N2O/c1-7-50-18-10-14-44(4)59(50)61(54-33-25-46(26-34-54)21-23-48-16-9-13-43(3)41-48)56-37-29-52(30-38-56)53-31-39-57(40-32-53)62(60-45(5)15-11-19-51(60)8-2)55-35-27-47(28-36-55)22-24-49-17-12-20-58(42-49)63-6/h9-42H,7-8H2,1-6H3/b23-21+,24-22+. The lowest BCUT2D eigenvalue weighted by molar-refractivity contribution is 0.414. The van der Waals surface area contributed by atoms with Crippen molar-refractivity contribution in [2.75, 3.05) is 16.9 Å². The molecule has 0 radical (unpaired) electrons. The number of nitrogens with zero attached hydrogens (tertiary/aromatic N) is 2. The van der Waals surface area contributed by atoms with Crippen LogP contribution in [0.3, 0.4) is 0 Å². The summed E-state index contributed by atoms with van der Waals surface area (Å²) in [5.74, 6) is 0.853. The van der Waals surface area contributed by atoms with Gasteiger partial charge in [-0.05, 0) is 150 Å². The van der Waals surface area contributed by atoms with Gasteiger partial charge < -0.3 is 14.5 Å². The molecule has 3 heteroatoms. The maximum Gasteiger partial charge on any atom is 0.119 e. The van der Waals surface area contributed by atoms with E-state index in [0.717, 1.165) is 52.5 Å². The summed E-state index contributed by atoms with van der Waals surface area (Å²) >= 11 is 0. The fraction of sp³-hybridized carbons (Fsp3) is 0.133. The minimum atomic E-state index is 0.853. The molecule has 0 aromatic heterocycles. The molecule has 0 aliphatic carbocycles. The largest absolute Gasteiger partial charge is 0.497 e. The minimum Gasteiger partial charge on any atom is -0.497 e. The number of ether oxygens (including phenoxy) is 1. The lowest BCUT2D eigenvalue weighted by Gasteiger charge is -2.30. The van der Waals surface area contributed by atoms with Crippen molar-refractivity contribution < 1.29 is 4.74 Å². The number of rotatable bonds is 14. The van der Waals surface area contributed by atoms with E-state index in [0.29, 0.717) is 0 Å². The highest BCUT2D eigenvalue weighted by Gasteiger charge is 2.20. The molecule has 0 fully saturated rings. The second-order valence-corrected chi connectivity index (χ2v) is 16.2. The second-order valence-electron chi connectivity index (χ2n) is 16.2. The van der Waals surface area contributed by atoms with E-state index in [1.807, 2.05) is 18.2 Å². The summed E-state index contributed by atoms with van der Waals surface area (Å²) in [6, 6.07) is 65.8. The topological polar surface area (TPSA) is 15.7 Å². The Morgan fingerprint density at radius 2 is 0.778 bits per heavy atom. The van der Waals surface area contributed by atoms with Crippen LogP contribution in [0, 0.1) is 20.8 Å². The molecule has 0 atom stereocenters. The summed E-state index contributed by atoms with van der Waals surface area (Å²) in [5, 5.41) is 0. The Morgan fingerprint density at radius 1 is 0.397 bits per heavy atom. The molecule has 0 amide bonds. The Morgan fingerprint density at radius 3 is 1.19 bits per heavy atom. The highest BCUT2D eigenvalue weighted by molar-refractivity contribution is 5.85. The fourth-order valence-corrected chi connectivity index (χ4v) is 8.44. The first-order chi connectivity index (χ1) is 30.8. The van der Waals surface area contributed by atoms with Crippen LogP contribution in [0.5, 0.6) is 5.75 Å². The zero-order chi connectivity index (χ0) is 43.7. The Bertz CT molecular complexity index is 2850. The molecule has 312 valence electrons. The predicted molar refractivity (Wildman–Crippen MR) is 272 cm³/mol. The van der Waals surface area contributed by atoms with Gasteiger partial charge >= 0.3 is 0 Å². The molecule has 0 N–H and O–H groups in total. The molecule has 0 unspecified atom stereocenters. The number of benzene rings is 8. The first-order valence-electron chi connectivity index (χ1n) is 22.1. The molecule has 8 aromatic rings. The molecule has 0 saturated carbocycles. The smallest absolute Gasteiger partial charge is 0.119 e. The van der Waals surface area contributed by atoms with Gasteiger partial charge in [-0.1, -0.05) is 165 Å². The van der Waals surface area contributed by atoms with Gasteiger partial charge in [0.2, 0.25) is 0 Å². The van der Waals surface area contributed by atoms with Gasteiger partial charge in [0.25, 0.3) is 0 Å². The summed E-state index contributed by atoms with van der Waals surface area (Å²) in [7, 11) is 1.70. The maximum atomic E-state index is 5.43. The first kappa shape index (κ1) is 42.3. The lowest BCUT2D eigenvalue weighted by Crippen LogP contribution is -2.13. The third kappa shape index (κ3) is 9.75. The summed E-state index contributed by atoms with van der Waals surface area (Å²) in [6.07, 6.45) is 10.5. The molecule has 0 aliphatic heterocycles. The highest BCUT2D eigenvalue weighted by atomic mass is 16.5. The van der Waals surface area contributed by atoms with E-state index >= 15 is 0 Å². The summed E-state index contributed by atoms with van der Waals surface area (Å²) < 4.78 is 5.43. The normalized spacial score (nSPS) is 11.3. The zero-order valence-electron chi connectivity index (χ0n) is 37.3. The van der Waals surface area contributed by atoms with E-state index in [-0.39, 0.29) is 0 Å². The van der Waals surface area contributed by atoms with Crippen molar-refractivity contribution in [3.8, 4) is 16.9 Å². The molecule has 0 bridgehead atoms. The molecule has 8 aromatic carbocycles. The van der Waals surface area contributed by atoms with Crippen LogP contribution in [0.15, 0.2) is 182 Å². The van der Waals surface area contributed by atoms with Crippen LogP contribution in [0.2, 0.25) is 0 Å². The molecule has 3 nitrogen and oxygen atoms in total. The van der Waals surface area contributed by atoms with E-state index in [4.69, 9.17) is 4.74 Å². The molecule has 0 heterocycles. The van der Waals surface area contributed by atoms with Gasteiger partial charge in [-0.25, -0.2) is 0 Å². The Labute approximate surface area is 374 Å². The van der Waals surface area contributed by atoms with Crippen LogP contribution >= 0.6 is 0 Å². The van der Waals surface area contributed by atoms with Gasteiger partial charge in [0.1, 0.15) is 5.75 Å². The van der Waals surface area contributed by atoms with Crippen LogP contribution in [0.4, 0.5) is 34.1 Å². The van der Waals surface area contributed by atoms with E-state index < -0.39 is 0 Å². The molecule has 0 spiro atoms. The van der Waals surface area contributed by atoms with Gasteiger partial charge in [-0.3, -0.25) is 0 Å².